The molecular weight excluding hydrogens is 337 g/mol. The fourth-order valence-corrected chi connectivity index (χ4v) is 2.74. The highest BCUT2D eigenvalue weighted by Crippen LogP contribution is 2.18. The van der Waals surface area contributed by atoms with Gasteiger partial charge in [0.05, 0.1) is 9.30 Å². The van der Waals surface area contributed by atoms with Crippen LogP contribution < -0.4 is 0 Å². The SMILES string of the molecule is CCn1ncnc1CC(=O)c1csc(I)c1. The van der Waals surface area contributed by atoms with Gasteiger partial charge in [0.2, 0.25) is 0 Å². The molecule has 0 saturated carbocycles. The average molecular weight is 347 g/mol. The standard InChI is InChI=1S/C10H10IN3OS/c1-2-14-10(12-6-13-14)4-8(15)7-3-9(11)16-5-7/h3,5-6H,2,4H2,1H3. The minimum atomic E-state index is 0.0990. The Morgan fingerprint density at radius 3 is 3.06 bits per heavy atom. The van der Waals surface area contributed by atoms with Gasteiger partial charge in [-0.05, 0) is 35.6 Å². The molecule has 0 spiro atoms. The van der Waals surface area contributed by atoms with Crippen molar-refractivity contribution in [2.75, 3.05) is 0 Å². The summed E-state index contributed by atoms with van der Waals surface area (Å²) in [6.45, 7) is 2.72. The van der Waals surface area contributed by atoms with E-state index in [9.17, 15) is 4.79 Å². The van der Waals surface area contributed by atoms with Crippen molar-refractivity contribution in [3.63, 3.8) is 0 Å². The van der Waals surface area contributed by atoms with Gasteiger partial charge in [0.15, 0.2) is 5.78 Å². The van der Waals surface area contributed by atoms with Gasteiger partial charge in [0, 0.05) is 17.5 Å². The lowest BCUT2D eigenvalue weighted by Crippen LogP contribution is -2.10. The van der Waals surface area contributed by atoms with Crippen LogP contribution in [-0.2, 0) is 13.0 Å². The molecule has 2 rings (SSSR count). The maximum Gasteiger partial charge on any atom is 0.171 e. The molecule has 0 bridgehead atoms. The number of nitrogens with zero attached hydrogens (tertiary/aromatic N) is 3. The topological polar surface area (TPSA) is 47.8 Å². The van der Waals surface area contributed by atoms with Crippen molar-refractivity contribution < 1.29 is 4.79 Å². The van der Waals surface area contributed by atoms with Crippen LogP contribution in [0.25, 0.3) is 0 Å². The largest absolute Gasteiger partial charge is 0.294 e. The van der Waals surface area contributed by atoms with Gasteiger partial charge in [-0.3, -0.25) is 4.79 Å². The van der Waals surface area contributed by atoms with Crippen LogP contribution >= 0.6 is 33.9 Å². The Balaban J connectivity index is 2.13. The summed E-state index contributed by atoms with van der Waals surface area (Å²) in [7, 11) is 0. The summed E-state index contributed by atoms with van der Waals surface area (Å²) < 4.78 is 2.87. The first-order valence-electron chi connectivity index (χ1n) is 4.84. The second-order valence-corrected chi connectivity index (χ2v) is 6.04. The Bertz CT molecular complexity index is 506. The lowest BCUT2D eigenvalue weighted by Gasteiger charge is -2.00. The average Bonchev–Trinajstić information content (AvgIpc) is 2.86. The van der Waals surface area contributed by atoms with E-state index in [2.05, 4.69) is 32.7 Å². The number of aryl methyl sites for hydroxylation is 1. The molecule has 2 aromatic rings. The van der Waals surface area contributed by atoms with Crippen molar-refractivity contribution in [3.8, 4) is 0 Å². The van der Waals surface area contributed by atoms with Gasteiger partial charge >= 0.3 is 0 Å². The number of hydrogen-bond acceptors (Lipinski definition) is 4. The fraction of sp³-hybridized carbons (Fsp3) is 0.300. The maximum absolute atomic E-state index is 11.9. The molecule has 0 fully saturated rings. The highest BCUT2D eigenvalue weighted by atomic mass is 127. The van der Waals surface area contributed by atoms with Crippen LogP contribution in [0.1, 0.15) is 23.1 Å². The number of ketones is 1. The molecule has 84 valence electrons. The Morgan fingerprint density at radius 2 is 2.44 bits per heavy atom. The molecule has 0 aromatic carbocycles. The number of hydrogen-bond donors (Lipinski definition) is 0. The summed E-state index contributed by atoms with van der Waals surface area (Å²) in [5.41, 5.74) is 0.764. The fourth-order valence-electron chi connectivity index (χ4n) is 1.39. The predicted molar refractivity (Wildman–Crippen MR) is 70.8 cm³/mol. The van der Waals surface area contributed by atoms with Gasteiger partial charge in [-0.1, -0.05) is 0 Å². The monoisotopic (exact) mass is 347 g/mol. The van der Waals surface area contributed by atoms with Crippen molar-refractivity contribution in [2.45, 2.75) is 19.9 Å². The molecule has 0 N–H and O–H groups in total. The molecular formula is C10H10IN3OS. The van der Waals surface area contributed by atoms with Crippen molar-refractivity contribution in [2.24, 2.45) is 0 Å². The number of carbonyl (C=O) groups is 1. The predicted octanol–water partition coefficient (Wildman–Crippen LogP) is 2.39. The third-order valence-electron chi connectivity index (χ3n) is 2.20. The Hall–Kier alpha value is -0.760. The van der Waals surface area contributed by atoms with Crippen LogP contribution in [0.2, 0.25) is 0 Å². The number of thiophene rings is 1. The molecule has 2 heterocycles. The molecule has 4 nitrogen and oxygen atoms in total. The number of aromatic nitrogens is 3. The van der Waals surface area contributed by atoms with Crippen LogP contribution in [0, 0.1) is 2.88 Å². The minimum absolute atomic E-state index is 0.0990. The molecule has 0 aliphatic rings. The van der Waals surface area contributed by atoms with Crippen LogP contribution in [0.4, 0.5) is 0 Å². The lowest BCUT2D eigenvalue weighted by atomic mass is 10.1. The van der Waals surface area contributed by atoms with Crippen LogP contribution in [0.5, 0.6) is 0 Å². The number of carbonyl (C=O) groups excluding carboxylic acids is 1. The second-order valence-electron chi connectivity index (χ2n) is 3.23. The first kappa shape index (κ1) is 11.7. The molecule has 0 amide bonds. The van der Waals surface area contributed by atoms with E-state index in [-0.39, 0.29) is 5.78 Å². The first-order chi connectivity index (χ1) is 7.70. The third-order valence-corrected chi connectivity index (χ3v) is 3.99. The molecule has 16 heavy (non-hydrogen) atoms. The Kier molecular flexibility index (Phi) is 3.70. The van der Waals surface area contributed by atoms with Gasteiger partial charge in [-0.15, -0.1) is 11.3 Å². The van der Waals surface area contributed by atoms with E-state index >= 15 is 0 Å². The molecule has 2 aromatic heterocycles. The quantitative estimate of drug-likeness (QED) is 0.630. The molecule has 0 aliphatic heterocycles. The normalized spacial score (nSPS) is 10.6. The number of Topliss-reactive ketones (excluding diaryl/α,β-unsaturated/α-hetero) is 1. The summed E-state index contributed by atoms with van der Waals surface area (Å²) in [4.78, 5) is 16.0. The zero-order chi connectivity index (χ0) is 11.5. The van der Waals surface area contributed by atoms with E-state index < -0.39 is 0 Å². The lowest BCUT2D eigenvalue weighted by molar-refractivity contribution is 0.0990. The van der Waals surface area contributed by atoms with E-state index in [0.717, 1.165) is 20.8 Å². The summed E-state index contributed by atoms with van der Waals surface area (Å²) in [6, 6.07) is 1.90. The van der Waals surface area contributed by atoms with Gasteiger partial charge < -0.3 is 0 Å². The van der Waals surface area contributed by atoms with Crippen LogP contribution in [-0.4, -0.2) is 20.5 Å². The minimum Gasteiger partial charge on any atom is -0.294 e. The molecule has 0 saturated heterocycles. The summed E-state index contributed by atoms with van der Waals surface area (Å²) in [6.07, 6.45) is 1.81. The van der Waals surface area contributed by atoms with Crippen molar-refractivity contribution >= 4 is 39.7 Å². The van der Waals surface area contributed by atoms with Crippen molar-refractivity contribution in [1.82, 2.24) is 14.8 Å². The molecule has 0 aliphatic carbocycles. The zero-order valence-corrected chi connectivity index (χ0v) is 11.7. The third kappa shape index (κ3) is 2.49. The van der Waals surface area contributed by atoms with Crippen LogP contribution in [0.3, 0.4) is 0 Å². The smallest absolute Gasteiger partial charge is 0.171 e. The van der Waals surface area contributed by atoms with Gasteiger partial charge in [0.1, 0.15) is 12.2 Å². The summed E-state index contributed by atoms with van der Waals surface area (Å²) in [5, 5.41) is 5.93. The second kappa shape index (κ2) is 5.05. The molecule has 0 radical (unpaired) electrons. The molecule has 0 atom stereocenters. The van der Waals surface area contributed by atoms with E-state index in [4.69, 9.17) is 0 Å². The Morgan fingerprint density at radius 1 is 1.62 bits per heavy atom. The van der Waals surface area contributed by atoms with Crippen molar-refractivity contribution in [3.05, 3.63) is 32.0 Å². The summed E-state index contributed by atoms with van der Waals surface area (Å²) >= 11 is 3.79. The van der Waals surface area contributed by atoms with E-state index in [1.165, 1.54) is 6.33 Å². The molecule has 6 heteroatoms. The van der Waals surface area contributed by atoms with E-state index in [0.29, 0.717) is 6.42 Å². The van der Waals surface area contributed by atoms with Crippen molar-refractivity contribution in [1.29, 1.82) is 0 Å². The number of halogens is 1. The molecule has 0 unspecified atom stereocenters. The van der Waals surface area contributed by atoms with Gasteiger partial charge in [-0.25, -0.2) is 9.67 Å². The highest BCUT2D eigenvalue weighted by Gasteiger charge is 2.12. The Labute approximate surface area is 111 Å². The number of rotatable bonds is 4. The zero-order valence-electron chi connectivity index (χ0n) is 8.68. The van der Waals surface area contributed by atoms with Crippen LogP contribution in [0.15, 0.2) is 17.8 Å². The van der Waals surface area contributed by atoms with Gasteiger partial charge in [-0.2, -0.15) is 5.10 Å². The maximum atomic E-state index is 11.9. The highest BCUT2D eigenvalue weighted by molar-refractivity contribution is 14.1. The van der Waals surface area contributed by atoms with E-state index in [1.54, 1.807) is 16.0 Å². The first-order valence-corrected chi connectivity index (χ1v) is 6.80. The van der Waals surface area contributed by atoms with E-state index in [1.807, 2.05) is 18.4 Å². The van der Waals surface area contributed by atoms with Gasteiger partial charge in [0.25, 0.3) is 0 Å². The summed E-state index contributed by atoms with van der Waals surface area (Å²) in [5.74, 6) is 0.829.